The third kappa shape index (κ3) is 3.51. The van der Waals surface area contributed by atoms with Crippen LogP contribution in [0.25, 0.3) is 0 Å². The molecule has 2 rings (SSSR count). The van der Waals surface area contributed by atoms with E-state index in [9.17, 15) is 4.39 Å². The van der Waals surface area contributed by atoms with Gasteiger partial charge in [-0.15, -0.1) is 0 Å². The van der Waals surface area contributed by atoms with E-state index in [4.69, 9.17) is 10.5 Å². The van der Waals surface area contributed by atoms with E-state index in [-0.39, 0.29) is 11.8 Å². The molecule has 0 fully saturated rings. The fraction of sp³-hybridized carbons (Fsp3) is 0.267. The van der Waals surface area contributed by atoms with Gasteiger partial charge in [-0.3, -0.25) is 4.98 Å². The number of para-hydroxylation sites is 1. The average Bonchev–Trinajstić information content (AvgIpc) is 2.35. The molecule has 19 heavy (non-hydrogen) atoms. The zero-order valence-electron chi connectivity index (χ0n) is 11.1. The quantitative estimate of drug-likeness (QED) is 0.918. The summed E-state index contributed by atoms with van der Waals surface area (Å²) in [6.07, 6.45) is 2.14. The highest BCUT2D eigenvalue weighted by atomic mass is 19.1. The zero-order valence-corrected chi connectivity index (χ0v) is 11.1. The number of aryl methyl sites for hydroxylation is 1. The monoisotopic (exact) mass is 260 g/mol. The summed E-state index contributed by atoms with van der Waals surface area (Å²) < 4.78 is 19.5. The van der Waals surface area contributed by atoms with Crippen LogP contribution < -0.4 is 10.5 Å². The van der Waals surface area contributed by atoms with Gasteiger partial charge in [0.25, 0.3) is 0 Å². The first-order valence-electron chi connectivity index (χ1n) is 6.19. The van der Waals surface area contributed by atoms with Gasteiger partial charge in [0.05, 0.1) is 6.20 Å². The SMILES string of the molecule is Cc1ccc(Oc2c(F)cccc2CC(C)N)cn1. The van der Waals surface area contributed by atoms with E-state index in [1.165, 1.54) is 6.07 Å². The van der Waals surface area contributed by atoms with Crippen molar-refractivity contribution in [3.05, 3.63) is 53.6 Å². The molecular formula is C15H17FN2O. The number of aromatic nitrogens is 1. The Kier molecular flexibility index (Phi) is 4.12. The third-order valence-corrected chi connectivity index (χ3v) is 2.69. The molecule has 2 aromatic rings. The van der Waals surface area contributed by atoms with Gasteiger partial charge >= 0.3 is 0 Å². The van der Waals surface area contributed by atoms with Gasteiger partial charge in [0, 0.05) is 11.7 Å². The van der Waals surface area contributed by atoms with Crippen molar-refractivity contribution in [3.8, 4) is 11.5 Å². The minimum absolute atomic E-state index is 0.0553. The lowest BCUT2D eigenvalue weighted by molar-refractivity contribution is 0.432. The van der Waals surface area contributed by atoms with E-state index in [0.717, 1.165) is 11.3 Å². The lowest BCUT2D eigenvalue weighted by Gasteiger charge is -2.13. The lowest BCUT2D eigenvalue weighted by atomic mass is 10.1. The molecule has 0 saturated heterocycles. The molecule has 3 nitrogen and oxygen atoms in total. The largest absolute Gasteiger partial charge is 0.452 e. The summed E-state index contributed by atoms with van der Waals surface area (Å²) in [7, 11) is 0. The van der Waals surface area contributed by atoms with Crippen molar-refractivity contribution in [3.63, 3.8) is 0 Å². The molecule has 1 aromatic carbocycles. The molecule has 0 saturated carbocycles. The molecule has 2 N–H and O–H groups in total. The van der Waals surface area contributed by atoms with Crippen molar-refractivity contribution >= 4 is 0 Å². The second-order valence-electron chi connectivity index (χ2n) is 4.65. The summed E-state index contributed by atoms with van der Waals surface area (Å²) in [4.78, 5) is 4.12. The normalized spacial score (nSPS) is 12.2. The minimum Gasteiger partial charge on any atom is -0.452 e. The van der Waals surface area contributed by atoms with Crippen LogP contribution in [0.1, 0.15) is 18.2 Å². The maximum Gasteiger partial charge on any atom is 0.166 e. The molecule has 0 aliphatic carbocycles. The van der Waals surface area contributed by atoms with Crippen molar-refractivity contribution in [2.75, 3.05) is 0 Å². The van der Waals surface area contributed by atoms with Crippen LogP contribution in [-0.4, -0.2) is 11.0 Å². The molecule has 1 aromatic heterocycles. The number of halogens is 1. The summed E-state index contributed by atoms with van der Waals surface area (Å²) in [6, 6.07) is 8.39. The van der Waals surface area contributed by atoms with Gasteiger partial charge in [-0.2, -0.15) is 0 Å². The number of nitrogens with zero attached hydrogens (tertiary/aromatic N) is 1. The Morgan fingerprint density at radius 2 is 2.11 bits per heavy atom. The molecule has 0 spiro atoms. The summed E-state index contributed by atoms with van der Waals surface area (Å²) in [5.74, 6) is 0.353. The fourth-order valence-electron chi connectivity index (χ4n) is 1.81. The lowest BCUT2D eigenvalue weighted by Crippen LogP contribution is -2.18. The number of hydrogen-bond acceptors (Lipinski definition) is 3. The van der Waals surface area contributed by atoms with Crippen LogP contribution in [0.4, 0.5) is 4.39 Å². The van der Waals surface area contributed by atoms with Gasteiger partial charge in [0.15, 0.2) is 11.6 Å². The summed E-state index contributed by atoms with van der Waals surface area (Å²) >= 11 is 0. The van der Waals surface area contributed by atoms with Crippen LogP contribution in [0.3, 0.4) is 0 Å². The number of ether oxygens (including phenoxy) is 1. The molecular weight excluding hydrogens is 243 g/mol. The first kappa shape index (κ1) is 13.5. The predicted octanol–water partition coefficient (Wildman–Crippen LogP) is 3.21. The van der Waals surface area contributed by atoms with Crippen molar-refractivity contribution < 1.29 is 9.13 Å². The average molecular weight is 260 g/mol. The summed E-state index contributed by atoms with van der Waals surface area (Å²) in [5.41, 5.74) is 7.41. The van der Waals surface area contributed by atoms with Crippen LogP contribution in [0.2, 0.25) is 0 Å². The Hall–Kier alpha value is -1.94. The van der Waals surface area contributed by atoms with Crippen molar-refractivity contribution in [2.45, 2.75) is 26.3 Å². The first-order valence-corrected chi connectivity index (χ1v) is 6.19. The van der Waals surface area contributed by atoms with Gasteiger partial charge in [0.2, 0.25) is 0 Å². The van der Waals surface area contributed by atoms with Crippen molar-refractivity contribution in [1.29, 1.82) is 0 Å². The number of pyridine rings is 1. The molecule has 4 heteroatoms. The van der Waals surface area contributed by atoms with Gasteiger partial charge in [-0.25, -0.2) is 4.39 Å². The van der Waals surface area contributed by atoms with E-state index >= 15 is 0 Å². The Morgan fingerprint density at radius 3 is 2.74 bits per heavy atom. The topological polar surface area (TPSA) is 48.1 Å². The maximum atomic E-state index is 13.9. The fourth-order valence-corrected chi connectivity index (χ4v) is 1.81. The van der Waals surface area contributed by atoms with Crippen LogP contribution in [0, 0.1) is 12.7 Å². The highest BCUT2D eigenvalue weighted by Gasteiger charge is 2.12. The van der Waals surface area contributed by atoms with E-state index in [1.807, 2.05) is 26.0 Å². The van der Waals surface area contributed by atoms with E-state index in [0.29, 0.717) is 12.2 Å². The first-order chi connectivity index (χ1) is 9.06. The maximum absolute atomic E-state index is 13.9. The zero-order chi connectivity index (χ0) is 13.8. The summed E-state index contributed by atoms with van der Waals surface area (Å²) in [5, 5.41) is 0. The predicted molar refractivity (Wildman–Crippen MR) is 72.8 cm³/mol. The number of hydrogen-bond donors (Lipinski definition) is 1. The highest BCUT2D eigenvalue weighted by molar-refractivity contribution is 5.39. The summed E-state index contributed by atoms with van der Waals surface area (Å²) in [6.45, 7) is 3.76. The van der Waals surface area contributed by atoms with Gasteiger partial charge in [0.1, 0.15) is 5.75 Å². The van der Waals surface area contributed by atoms with Crippen molar-refractivity contribution in [1.82, 2.24) is 4.98 Å². The Morgan fingerprint density at radius 1 is 1.32 bits per heavy atom. The molecule has 1 heterocycles. The van der Waals surface area contributed by atoms with E-state index in [1.54, 1.807) is 18.3 Å². The molecule has 0 bridgehead atoms. The molecule has 0 radical (unpaired) electrons. The van der Waals surface area contributed by atoms with Gasteiger partial charge in [-0.1, -0.05) is 12.1 Å². The number of rotatable bonds is 4. The van der Waals surface area contributed by atoms with Crippen LogP contribution in [0.15, 0.2) is 36.5 Å². The molecule has 0 aliphatic rings. The molecule has 100 valence electrons. The van der Waals surface area contributed by atoms with Crippen LogP contribution in [0.5, 0.6) is 11.5 Å². The van der Waals surface area contributed by atoms with Gasteiger partial charge in [-0.05, 0) is 44.0 Å². The van der Waals surface area contributed by atoms with E-state index in [2.05, 4.69) is 4.98 Å². The Balaban J connectivity index is 2.30. The highest BCUT2D eigenvalue weighted by Crippen LogP contribution is 2.28. The number of nitrogens with two attached hydrogens (primary N) is 1. The smallest absolute Gasteiger partial charge is 0.166 e. The third-order valence-electron chi connectivity index (χ3n) is 2.69. The standard InChI is InChI=1S/C15H17FN2O/c1-10(17)8-12-4-3-5-14(16)15(12)19-13-7-6-11(2)18-9-13/h3-7,9-10H,8,17H2,1-2H3. The second kappa shape index (κ2) is 5.80. The number of benzene rings is 1. The van der Waals surface area contributed by atoms with E-state index < -0.39 is 5.82 Å². The molecule has 1 unspecified atom stereocenters. The van der Waals surface area contributed by atoms with Crippen molar-refractivity contribution in [2.24, 2.45) is 5.73 Å². The van der Waals surface area contributed by atoms with Crippen LogP contribution >= 0.6 is 0 Å². The molecule has 0 aliphatic heterocycles. The molecule has 0 amide bonds. The van der Waals surface area contributed by atoms with Crippen LogP contribution in [-0.2, 0) is 6.42 Å². The Bertz CT molecular complexity index is 553. The minimum atomic E-state index is -0.390. The molecule has 1 atom stereocenters. The second-order valence-corrected chi connectivity index (χ2v) is 4.65. The Labute approximate surface area is 112 Å². The van der Waals surface area contributed by atoms with Gasteiger partial charge < -0.3 is 10.5 Å².